The Bertz CT molecular complexity index is 617. The minimum absolute atomic E-state index is 0.0870. The topological polar surface area (TPSA) is 58.6 Å². The van der Waals surface area contributed by atoms with Gasteiger partial charge in [0.25, 0.3) is 0 Å². The zero-order chi connectivity index (χ0) is 13.8. The second-order valence-electron chi connectivity index (χ2n) is 3.68. The van der Waals surface area contributed by atoms with Crippen LogP contribution in [-0.2, 0) is 0 Å². The molecule has 0 atom stereocenters. The van der Waals surface area contributed by atoms with Crippen LogP contribution >= 0.6 is 39.3 Å². The van der Waals surface area contributed by atoms with Crippen molar-refractivity contribution in [3.63, 3.8) is 0 Å². The van der Waals surface area contributed by atoms with Gasteiger partial charge in [-0.2, -0.15) is 0 Å². The molecule has 0 heterocycles. The van der Waals surface area contributed by atoms with Crippen molar-refractivity contribution >= 4 is 45.1 Å². The van der Waals surface area contributed by atoms with Gasteiger partial charge in [-0.1, -0.05) is 44.4 Å². The first-order valence-electron chi connectivity index (χ1n) is 5.31. The van der Waals surface area contributed by atoms with Gasteiger partial charge in [0.15, 0.2) is 5.84 Å². The van der Waals surface area contributed by atoms with E-state index < -0.39 is 0 Å². The maximum absolute atomic E-state index is 8.81. The third-order valence-electron chi connectivity index (χ3n) is 2.37. The van der Waals surface area contributed by atoms with Gasteiger partial charge >= 0.3 is 0 Å². The molecule has 98 valence electrons. The largest absolute Gasteiger partial charge is 0.409 e. The van der Waals surface area contributed by atoms with E-state index in [1.807, 2.05) is 36.4 Å². The third-order valence-corrected chi connectivity index (χ3v) is 4.18. The highest BCUT2D eigenvalue weighted by molar-refractivity contribution is 9.10. The number of hydrogen-bond donors (Lipinski definition) is 2. The van der Waals surface area contributed by atoms with Crippen molar-refractivity contribution in [1.82, 2.24) is 0 Å². The molecule has 2 aromatic rings. The van der Waals surface area contributed by atoms with E-state index in [0.29, 0.717) is 10.6 Å². The van der Waals surface area contributed by atoms with Crippen molar-refractivity contribution in [2.45, 2.75) is 9.79 Å². The second kappa shape index (κ2) is 6.32. The molecule has 0 saturated heterocycles. The van der Waals surface area contributed by atoms with Gasteiger partial charge in [0.1, 0.15) is 0 Å². The van der Waals surface area contributed by atoms with Gasteiger partial charge in [0.2, 0.25) is 0 Å². The average Bonchev–Trinajstić information content (AvgIpc) is 2.41. The summed E-state index contributed by atoms with van der Waals surface area (Å²) in [7, 11) is 0. The summed E-state index contributed by atoms with van der Waals surface area (Å²) < 4.78 is 0.929. The first kappa shape index (κ1) is 14.2. The second-order valence-corrected chi connectivity index (χ2v) is 6.15. The molecule has 0 amide bonds. The molecule has 0 fully saturated rings. The van der Waals surface area contributed by atoms with Crippen LogP contribution in [0.1, 0.15) is 5.56 Å². The predicted molar refractivity (Wildman–Crippen MR) is 82.2 cm³/mol. The minimum Gasteiger partial charge on any atom is -0.409 e. The summed E-state index contributed by atoms with van der Waals surface area (Å²) in [6.45, 7) is 0. The lowest BCUT2D eigenvalue weighted by molar-refractivity contribution is 0.318. The lowest BCUT2D eigenvalue weighted by atomic mass is 10.2. The minimum atomic E-state index is 0.0870. The molecular formula is C13H10BrClN2OS. The van der Waals surface area contributed by atoms with Crippen molar-refractivity contribution in [2.75, 3.05) is 0 Å². The fourth-order valence-electron chi connectivity index (χ4n) is 1.48. The molecule has 0 radical (unpaired) electrons. The van der Waals surface area contributed by atoms with E-state index >= 15 is 0 Å². The highest BCUT2D eigenvalue weighted by Crippen LogP contribution is 2.33. The predicted octanol–water partition coefficient (Wildman–Crippen LogP) is 4.35. The van der Waals surface area contributed by atoms with Gasteiger partial charge in [-0.05, 0) is 42.5 Å². The highest BCUT2D eigenvalue weighted by atomic mass is 79.9. The maximum Gasteiger partial charge on any atom is 0.171 e. The SMILES string of the molecule is N/C(=N/O)c1ccc(Br)cc1Sc1ccc(Cl)cc1. The van der Waals surface area contributed by atoms with Crippen LogP contribution in [0.2, 0.25) is 5.02 Å². The van der Waals surface area contributed by atoms with Crippen molar-refractivity contribution in [3.05, 3.63) is 57.5 Å². The highest BCUT2D eigenvalue weighted by Gasteiger charge is 2.09. The standard InChI is InChI=1S/C13H10BrClN2OS/c14-8-1-6-11(13(16)17-18)12(7-8)19-10-4-2-9(15)3-5-10/h1-7,18H,(H2,16,17). The Balaban J connectivity index is 2.38. The zero-order valence-corrected chi connectivity index (χ0v) is 12.8. The van der Waals surface area contributed by atoms with Crippen LogP contribution < -0.4 is 5.73 Å². The summed E-state index contributed by atoms with van der Waals surface area (Å²) in [6, 6.07) is 13.1. The van der Waals surface area contributed by atoms with E-state index in [9.17, 15) is 0 Å². The van der Waals surface area contributed by atoms with Gasteiger partial charge in [-0.25, -0.2) is 0 Å². The fraction of sp³-hybridized carbons (Fsp3) is 0. The molecular weight excluding hydrogens is 348 g/mol. The Morgan fingerprint density at radius 3 is 2.53 bits per heavy atom. The normalized spacial score (nSPS) is 11.6. The smallest absolute Gasteiger partial charge is 0.171 e. The van der Waals surface area contributed by atoms with Gasteiger partial charge in [-0.15, -0.1) is 0 Å². The van der Waals surface area contributed by atoms with Crippen LogP contribution in [0.25, 0.3) is 0 Å². The van der Waals surface area contributed by atoms with E-state index in [1.165, 1.54) is 11.8 Å². The Kier molecular flexibility index (Phi) is 4.74. The molecule has 0 saturated carbocycles. The molecule has 0 aromatic heterocycles. The summed E-state index contributed by atoms with van der Waals surface area (Å²) in [4.78, 5) is 1.92. The third kappa shape index (κ3) is 3.65. The van der Waals surface area contributed by atoms with Crippen LogP contribution in [0.15, 0.2) is 61.9 Å². The number of halogens is 2. The first-order chi connectivity index (χ1) is 9.10. The summed E-state index contributed by atoms with van der Waals surface area (Å²) >= 11 is 10.8. The van der Waals surface area contributed by atoms with E-state index in [1.54, 1.807) is 6.07 Å². The maximum atomic E-state index is 8.81. The number of oxime groups is 1. The number of rotatable bonds is 3. The quantitative estimate of drug-likeness (QED) is 0.371. The van der Waals surface area contributed by atoms with Gasteiger partial charge in [0, 0.05) is 24.8 Å². The Labute approximate surface area is 128 Å². The van der Waals surface area contributed by atoms with Crippen LogP contribution in [-0.4, -0.2) is 11.0 Å². The van der Waals surface area contributed by atoms with Crippen LogP contribution in [0.3, 0.4) is 0 Å². The summed E-state index contributed by atoms with van der Waals surface area (Å²) in [5.74, 6) is 0.0870. The molecule has 19 heavy (non-hydrogen) atoms. The Hall–Kier alpha value is -1.17. The monoisotopic (exact) mass is 356 g/mol. The number of nitrogens with zero attached hydrogens (tertiary/aromatic N) is 1. The first-order valence-corrected chi connectivity index (χ1v) is 7.30. The van der Waals surface area contributed by atoms with Crippen LogP contribution in [0, 0.1) is 0 Å². The van der Waals surface area contributed by atoms with E-state index in [-0.39, 0.29) is 5.84 Å². The number of nitrogens with two attached hydrogens (primary N) is 1. The zero-order valence-electron chi connectivity index (χ0n) is 9.68. The molecule has 2 rings (SSSR count). The fourth-order valence-corrected chi connectivity index (χ4v) is 3.11. The molecule has 0 spiro atoms. The van der Waals surface area contributed by atoms with E-state index in [0.717, 1.165) is 14.3 Å². The van der Waals surface area contributed by atoms with Gasteiger partial charge in [-0.3, -0.25) is 0 Å². The molecule has 3 nitrogen and oxygen atoms in total. The molecule has 6 heteroatoms. The van der Waals surface area contributed by atoms with Gasteiger partial charge in [0.05, 0.1) is 0 Å². The van der Waals surface area contributed by atoms with E-state index in [4.69, 9.17) is 22.5 Å². The molecule has 0 bridgehead atoms. The Morgan fingerprint density at radius 1 is 1.21 bits per heavy atom. The van der Waals surface area contributed by atoms with Crippen molar-refractivity contribution in [1.29, 1.82) is 0 Å². The van der Waals surface area contributed by atoms with E-state index in [2.05, 4.69) is 21.1 Å². The number of hydrogen-bond acceptors (Lipinski definition) is 3. The van der Waals surface area contributed by atoms with Crippen molar-refractivity contribution < 1.29 is 5.21 Å². The number of amidine groups is 1. The van der Waals surface area contributed by atoms with Gasteiger partial charge < -0.3 is 10.9 Å². The van der Waals surface area contributed by atoms with Crippen LogP contribution in [0.5, 0.6) is 0 Å². The molecule has 0 aliphatic rings. The van der Waals surface area contributed by atoms with Crippen LogP contribution in [0.4, 0.5) is 0 Å². The summed E-state index contributed by atoms with van der Waals surface area (Å²) in [5.41, 5.74) is 6.36. The summed E-state index contributed by atoms with van der Waals surface area (Å²) in [6.07, 6.45) is 0. The van der Waals surface area contributed by atoms with Crippen molar-refractivity contribution in [3.8, 4) is 0 Å². The average molecular weight is 358 g/mol. The molecule has 3 N–H and O–H groups in total. The lowest BCUT2D eigenvalue weighted by Gasteiger charge is -2.08. The lowest BCUT2D eigenvalue weighted by Crippen LogP contribution is -2.14. The van der Waals surface area contributed by atoms with Crippen molar-refractivity contribution in [2.24, 2.45) is 10.9 Å². The number of benzene rings is 2. The summed E-state index contributed by atoms with van der Waals surface area (Å²) in [5, 5.41) is 12.5. The molecule has 0 unspecified atom stereocenters. The molecule has 0 aliphatic carbocycles. The molecule has 2 aromatic carbocycles. The Morgan fingerprint density at radius 2 is 1.89 bits per heavy atom. The molecule has 0 aliphatic heterocycles.